The van der Waals surface area contributed by atoms with Crippen LogP contribution in [0, 0.1) is 5.92 Å². The number of aliphatic hydroxyl groups is 1. The molecular formula is C16H17N3O3. The van der Waals surface area contributed by atoms with Crippen molar-refractivity contribution >= 4 is 5.91 Å². The number of nitrogens with zero attached hydrogens (tertiary/aromatic N) is 2. The second-order valence-corrected chi connectivity index (χ2v) is 5.54. The Morgan fingerprint density at radius 1 is 1.32 bits per heavy atom. The van der Waals surface area contributed by atoms with Crippen molar-refractivity contribution in [2.45, 2.75) is 12.5 Å². The average molecular weight is 299 g/mol. The zero-order valence-corrected chi connectivity index (χ0v) is 12.0. The Bertz CT molecular complexity index is 714. The van der Waals surface area contributed by atoms with E-state index >= 15 is 0 Å². The molecule has 0 spiro atoms. The molecule has 6 heteroatoms. The van der Waals surface area contributed by atoms with E-state index in [2.05, 4.69) is 9.97 Å². The van der Waals surface area contributed by atoms with E-state index in [1.54, 1.807) is 23.4 Å². The number of hydrogen-bond acceptors (Lipinski definition) is 4. The fourth-order valence-electron chi connectivity index (χ4n) is 2.80. The summed E-state index contributed by atoms with van der Waals surface area (Å²) in [5.74, 6) is -0.226. The van der Waals surface area contributed by atoms with Crippen LogP contribution in [0.15, 0.2) is 47.7 Å². The summed E-state index contributed by atoms with van der Waals surface area (Å²) in [6, 6.07) is 6.68. The maximum Gasteiger partial charge on any atom is 0.254 e. The third-order valence-electron chi connectivity index (χ3n) is 3.96. The number of amides is 1. The molecule has 1 aliphatic heterocycles. The smallest absolute Gasteiger partial charge is 0.254 e. The minimum atomic E-state index is -0.556. The molecule has 0 radical (unpaired) electrons. The van der Waals surface area contributed by atoms with Gasteiger partial charge < -0.3 is 15.0 Å². The summed E-state index contributed by atoms with van der Waals surface area (Å²) in [5, 5.41) is 10.2. The summed E-state index contributed by atoms with van der Waals surface area (Å²) < 4.78 is 0. The predicted molar refractivity (Wildman–Crippen MR) is 80.4 cm³/mol. The van der Waals surface area contributed by atoms with Crippen molar-refractivity contribution in [3.8, 4) is 0 Å². The molecule has 2 atom stereocenters. The Hall–Kier alpha value is -2.47. The van der Waals surface area contributed by atoms with Gasteiger partial charge in [-0.2, -0.15) is 0 Å². The third-order valence-corrected chi connectivity index (χ3v) is 3.96. The zero-order valence-electron chi connectivity index (χ0n) is 12.0. The number of rotatable bonds is 3. The molecule has 0 aliphatic carbocycles. The van der Waals surface area contributed by atoms with Crippen LogP contribution in [-0.4, -0.2) is 45.1 Å². The molecule has 114 valence electrons. The molecular weight excluding hydrogens is 282 g/mol. The van der Waals surface area contributed by atoms with Gasteiger partial charge in [0.05, 0.1) is 6.10 Å². The van der Waals surface area contributed by atoms with Crippen molar-refractivity contribution in [3.05, 3.63) is 64.3 Å². The molecule has 0 bridgehead atoms. The van der Waals surface area contributed by atoms with Gasteiger partial charge in [0.15, 0.2) is 0 Å². The lowest BCUT2D eigenvalue weighted by Gasteiger charge is -2.16. The normalized spacial score (nSPS) is 21.0. The van der Waals surface area contributed by atoms with Crippen LogP contribution in [0.5, 0.6) is 0 Å². The third kappa shape index (κ3) is 3.07. The van der Waals surface area contributed by atoms with Crippen molar-refractivity contribution in [2.24, 2.45) is 5.92 Å². The van der Waals surface area contributed by atoms with E-state index in [1.807, 2.05) is 12.1 Å². The van der Waals surface area contributed by atoms with Crippen molar-refractivity contribution in [3.63, 3.8) is 0 Å². The lowest BCUT2D eigenvalue weighted by molar-refractivity contribution is 0.0764. The maximum atomic E-state index is 12.4. The molecule has 1 aliphatic rings. The van der Waals surface area contributed by atoms with E-state index in [4.69, 9.17) is 0 Å². The number of nitrogens with one attached hydrogen (secondary N) is 1. The van der Waals surface area contributed by atoms with Crippen LogP contribution in [0.1, 0.15) is 15.9 Å². The number of aliphatic hydroxyl groups excluding tert-OH is 1. The quantitative estimate of drug-likeness (QED) is 0.861. The van der Waals surface area contributed by atoms with Gasteiger partial charge in [-0.3, -0.25) is 14.6 Å². The second kappa shape index (κ2) is 6.11. The van der Waals surface area contributed by atoms with E-state index in [9.17, 15) is 14.7 Å². The second-order valence-electron chi connectivity index (χ2n) is 5.54. The van der Waals surface area contributed by atoms with Crippen LogP contribution in [0.3, 0.4) is 0 Å². The van der Waals surface area contributed by atoms with Gasteiger partial charge in [-0.1, -0.05) is 0 Å². The molecule has 6 nitrogen and oxygen atoms in total. The van der Waals surface area contributed by atoms with E-state index in [-0.39, 0.29) is 17.4 Å². The Morgan fingerprint density at radius 3 is 2.82 bits per heavy atom. The summed E-state index contributed by atoms with van der Waals surface area (Å²) in [6.45, 7) is 0.774. The highest BCUT2D eigenvalue weighted by molar-refractivity contribution is 5.94. The predicted octanol–water partition coefficient (Wildman–Crippen LogP) is 0.445. The molecule has 2 aromatic heterocycles. The first-order valence-corrected chi connectivity index (χ1v) is 7.18. The standard InChI is InChI=1S/C16H17N3O3/c20-14-10-19(16(22)12-3-6-18-15(21)8-12)9-13(14)7-11-1-4-17-5-2-11/h1-6,8,13-14,20H,7,9-10H2,(H,18,21)/t13-,14-/m1/s1. The monoisotopic (exact) mass is 299 g/mol. The topological polar surface area (TPSA) is 86.3 Å². The molecule has 22 heavy (non-hydrogen) atoms. The molecule has 1 amide bonds. The van der Waals surface area contributed by atoms with Crippen molar-refractivity contribution in [1.82, 2.24) is 14.9 Å². The maximum absolute atomic E-state index is 12.4. The van der Waals surface area contributed by atoms with E-state index in [0.29, 0.717) is 25.1 Å². The Kier molecular flexibility index (Phi) is 4.02. The number of hydrogen-bond donors (Lipinski definition) is 2. The highest BCUT2D eigenvalue weighted by Gasteiger charge is 2.34. The minimum absolute atomic E-state index is 0.00616. The van der Waals surface area contributed by atoms with Crippen molar-refractivity contribution in [2.75, 3.05) is 13.1 Å². The first kappa shape index (κ1) is 14.5. The molecule has 3 heterocycles. The molecule has 1 saturated heterocycles. The van der Waals surface area contributed by atoms with Crippen LogP contribution in [0.4, 0.5) is 0 Å². The van der Waals surface area contributed by atoms with Gasteiger partial charge in [0.1, 0.15) is 0 Å². The molecule has 2 N–H and O–H groups in total. The van der Waals surface area contributed by atoms with E-state index in [0.717, 1.165) is 5.56 Å². The lowest BCUT2D eigenvalue weighted by Crippen LogP contribution is -2.30. The van der Waals surface area contributed by atoms with Crippen LogP contribution in [0.2, 0.25) is 0 Å². The van der Waals surface area contributed by atoms with Crippen LogP contribution < -0.4 is 5.56 Å². The largest absolute Gasteiger partial charge is 0.391 e. The summed E-state index contributed by atoms with van der Waals surface area (Å²) >= 11 is 0. The van der Waals surface area contributed by atoms with Crippen molar-refractivity contribution < 1.29 is 9.90 Å². The molecule has 0 saturated carbocycles. The van der Waals surface area contributed by atoms with Gasteiger partial charge in [0.2, 0.25) is 5.56 Å². The minimum Gasteiger partial charge on any atom is -0.391 e. The first-order chi connectivity index (χ1) is 10.6. The number of β-amino-alcohol motifs (C(OH)–C–C–N with tert-alkyl or cyclic N) is 1. The summed E-state index contributed by atoms with van der Waals surface area (Å²) in [5.41, 5.74) is 1.13. The fraction of sp³-hybridized carbons (Fsp3) is 0.312. The Morgan fingerprint density at radius 2 is 2.09 bits per heavy atom. The number of carbonyl (C=O) groups is 1. The number of H-pyrrole nitrogens is 1. The number of carbonyl (C=O) groups excluding carboxylic acids is 1. The molecule has 0 unspecified atom stereocenters. The summed E-state index contributed by atoms with van der Waals surface area (Å²) in [7, 11) is 0. The molecule has 3 rings (SSSR count). The van der Waals surface area contributed by atoms with Gasteiger partial charge in [0.25, 0.3) is 5.91 Å². The molecule has 2 aromatic rings. The highest BCUT2D eigenvalue weighted by atomic mass is 16.3. The van der Waals surface area contributed by atoms with Crippen LogP contribution in [0.25, 0.3) is 0 Å². The van der Waals surface area contributed by atoms with Crippen LogP contribution >= 0.6 is 0 Å². The van der Waals surface area contributed by atoms with Gasteiger partial charge in [-0.05, 0) is 30.2 Å². The van der Waals surface area contributed by atoms with Crippen molar-refractivity contribution in [1.29, 1.82) is 0 Å². The van der Waals surface area contributed by atoms with E-state index in [1.165, 1.54) is 12.3 Å². The number of aromatic amines is 1. The molecule has 0 aromatic carbocycles. The Labute approximate surface area is 127 Å². The zero-order chi connectivity index (χ0) is 15.5. The summed E-state index contributed by atoms with van der Waals surface area (Å²) in [4.78, 5) is 31.8. The Balaban J connectivity index is 1.70. The average Bonchev–Trinajstić information content (AvgIpc) is 2.88. The first-order valence-electron chi connectivity index (χ1n) is 7.18. The lowest BCUT2D eigenvalue weighted by atomic mass is 9.97. The SMILES string of the molecule is O=C(c1cc[nH]c(=O)c1)N1C[C@@H](Cc2ccncc2)[C@H](O)C1. The van der Waals surface area contributed by atoms with Gasteiger partial charge >= 0.3 is 0 Å². The number of pyridine rings is 2. The summed E-state index contributed by atoms with van der Waals surface area (Å²) in [6.07, 6.45) is 5.03. The number of likely N-dealkylation sites (tertiary alicyclic amines) is 1. The number of aromatic nitrogens is 2. The van der Waals surface area contributed by atoms with Crippen LogP contribution in [-0.2, 0) is 6.42 Å². The van der Waals surface area contributed by atoms with Gasteiger partial charge in [-0.25, -0.2) is 0 Å². The fourth-order valence-corrected chi connectivity index (χ4v) is 2.80. The highest BCUT2D eigenvalue weighted by Crippen LogP contribution is 2.22. The molecule has 1 fully saturated rings. The van der Waals surface area contributed by atoms with E-state index < -0.39 is 6.10 Å². The van der Waals surface area contributed by atoms with Gasteiger partial charge in [-0.15, -0.1) is 0 Å². The van der Waals surface area contributed by atoms with Gasteiger partial charge in [0, 0.05) is 49.2 Å².